The maximum Gasteiger partial charge on any atom is 0.242 e. The Hall–Kier alpha value is -2.10. The summed E-state index contributed by atoms with van der Waals surface area (Å²) in [6.45, 7) is 2.31. The van der Waals surface area contributed by atoms with E-state index in [4.69, 9.17) is 5.26 Å². The number of hydrogen-bond donors (Lipinski definition) is 2. The summed E-state index contributed by atoms with van der Waals surface area (Å²) in [5.41, 5.74) is 1.39. The van der Waals surface area contributed by atoms with Crippen molar-refractivity contribution in [3.63, 3.8) is 0 Å². The molecule has 1 heterocycles. The van der Waals surface area contributed by atoms with E-state index in [1.165, 1.54) is 0 Å². The number of benzene rings is 1. The smallest absolute Gasteiger partial charge is 0.242 e. The molecule has 0 spiro atoms. The molecule has 1 saturated heterocycles. The Morgan fingerprint density at radius 3 is 2.76 bits per heavy atom. The molecular formula is C15H20N4O2. The van der Waals surface area contributed by atoms with Gasteiger partial charge in [-0.25, -0.2) is 0 Å². The maximum atomic E-state index is 12.3. The zero-order valence-electron chi connectivity index (χ0n) is 12.1. The number of likely N-dealkylation sites (N-methyl/N-ethyl adjacent to an activating group) is 1. The molecule has 0 saturated carbocycles. The minimum absolute atomic E-state index is 0.0209. The van der Waals surface area contributed by atoms with Crippen LogP contribution >= 0.6 is 0 Å². The second kappa shape index (κ2) is 7.07. The van der Waals surface area contributed by atoms with E-state index in [9.17, 15) is 9.90 Å². The van der Waals surface area contributed by atoms with Crippen LogP contribution in [0.25, 0.3) is 0 Å². The Balaban J connectivity index is 1.90. The van der Waals surface area contributed by atoms with Crippen molar-refractivity contribution in [2.45, 2.75) is 6.04 Å². The fourth-order valence-electron chi connectivity index (χ4n) is 2.44. The van der Waals surface area contributed by atoms with Gasteiger partial charge in [0.25, 0.3) is 0 Å². The van der Waals surface area contributed by atoms with Crippen LogP contribution < -0.4 is 5.32 Å². The SMILES string of the molecule is CN1CCN(C(=O)CNc2ccc(C#N)cc2)C(CO)C1. The Bertz CT molecular complexity index is 523. The molecule has 1 aliphatic heterocycles. The number of aliphatic hydroxyl groups is 1. The Labute approximate surface area is 124 Å². The third-order valence-electron chi connectivity index (χ3n) is 3.67. The lowest BCUT2D eigenvalue weighted by Crippen LogP contribution is -2.56. The summed E-state index contributed by atoms with van der Waals surface area (Å²) in [5.74, 6) is -0.0218. The number of aliphatic hydroxyl groups excluding tert-OH is 1. The van der Waals surface area contributed by atoms with E-state index < -0.39 is 0 Å². The normalized spacial score (nSPS) is 19.1. The molecule has 21 heavy (non-hydrogen) atoms. The number of carbonyl (C=O) groups excluding carboxylic acids is 1. The summed E-state index contributed by atoms with van der Waals surface area (Å²) in [7, 11) is 1.99. The molecule has 1 aromatic rings. The second-order valence-corrected chi connectivity index (χ2v) is 5.23. The molecule has 0 bridgehead atoms. The van der Waals surface area contributed by atoms with Crippen LogP contribution in [0.2, 0.25) is 0 Å². The van der Waals surface area contributed by atoms with Crippen molar-refractivity contribution in [2.24, 2.45) is 0 Å². The minimum Gasteiger partial charge on any atom is -0.394 e. The van der Waals surface area contributed by atoms with Gasteiger partial charge in [-0.05, 0) is 31.3 Å². The number of nitrogens with one attached hydrogen (secondary N) is 1. The Morgan fingerprint density at radius 2 is 2.14 bits per heavy atom. The van der Waals surface area contributed by atoms with Gasteiger partial charge in [-0.15, -0.1) is 0 Å². The Morgan fingerprint density at radius 1 is 1.43 bits per heavy atom. The van der Waals surface area contributed by atoms with E-state index in [0.29, 0.717) is 18.7 Å². The molecular weight excluding hydrogens is 268 g/mol. The highest BCUT2D eigenvalue weighted by Gasteiger charge is 2.27. The molecule has 0 radical (unpaired) electrons. The van der Waals surface area contributed by atoms with Gasteiger partial charge in [0.2, 0.25) is 5.91 Å². The van der Waals surface area contributed by atoms with Gasteiger partial charge in [-0.3, -0.25) is 4.79 Å². The van der Waals surface area contributed by atoms with Crippen molar-refractivity contribution in [1.29, 1.82) is 5.26 Å². The minimum atomic E-state index is -0.140. The highest BCUT2D eigenvalue weighted by molar-refractivity contribution is 5.81. The first-order chi connectivity index (χ1) is 10.1. The van der Waals surface area contributed by atoms with Crippen molar-refractivity contribution >= 4 is 11.6 Å². The van der Waals surface area contributed by atoms with Crippen LogP contribution in [0.1, 0.15) is 5.56 Å². The summed E-state index contributed by atoms with van der Waals surface area (Å²) in [6.07, 6.45) is 0. The predicted molar refractivity (Wildman–Crippen MR) is 79.7 cm³/mol. The molecule has 1 aromatic carbocycles. The highest BCUT2D eigenvalue weighted by Crippen LogP contribution is 2.11. The van der Waals surface area contributed by atoms with Gasteiger partial charge in [-0.1, -0.05) is 0 Å². The quantitative estimate of drug-likeness (QED) is 0.822. The summed E-state index contributed by atoms with van der Waals surface area (Å²) in [4.78, 5) is 16.1. The van der Waals surface area contributed by atoms with Gasteiger partial charge in [0.1, 0.15) is 0 Å². The largest absolute Gasteiger partial charge is 0.394 e. The lowest BCUT2D eigenvalue weighted by atomic mass is 10.2. The van der Waals surface area contributed by atoms with E-state index in [-0.39, 0.29) is 25.1 Å². The molecule has 2 rings (SSSR count). The average molecular weight is 288 g/mol. The standard InChI is InChI=1S/C15H20N4O2/c1-18-6-7-19(14(10-18)11-20)15(21)9-17-13-4-2-12(8-16)3-5-13/h2-5,14,17,20H,6-7,9-11H2,1H3. The summed E-state index contributed by atoms with van der Waals surface area (Å²) < 4.78 is 0. The third-order valence-corrected chi connectivity index (χ3v) is 3.67. The molecule has 6 heteroatoms. The van der Waals surface area contributed by atoms with Crippen molar-refractivity contribution in [2.75, 3.05) is 45.2 Å². The van der Waals surface area contributed by atoms with Crippen LogP contribution in [-0.2, 0) is 4.79 Å². The molecule has 2 N–H and O–H groups in total. The van der Waals surface area contributed by atoms with Gasteiger partial charge < -0.3 is 20.2 Å². The molecule has 0 aromatic heterocycles. The lowest BCUT2D eigenvalue weighted by Gasteiger charge is -2.39. The number of nitriles is 1. The van der Waals surface area contributed by atoms with Crippen molar-refractivity contribution in [3.05, 3.63) is 29.8 Å². The van der Waals surface area contributed by atoms with Gasteiger partial charge in [0.15, 0.2) is 0 Å². The van der Waals surface area contributed by atoms with E-state index in [0.717, 1.165) is 12.2 Å². The molecule has 0 aliphatic carbocycles. The first kappa shape index (κ1) is 15.3. The molecule has 1 amide bonds. The van der Waals surface area contributed by atoms with Gasteiger partial charge in [0, 0.05) is 25.3 Å². The fourth-order valence-corrected chi connectivity index (χ4v) is 2.44. The van der Waals surface area contributed by atoms with Crippen LogP contribution in [0, 0.1) is 11.3 Å². The highest BCUT2D eigenvalue weighted by atomic mass is 16.3. The van der Waals surface area contributed by atoms with Crippen LogP contribution in [0.3, 0.4) is 0 Å². The fraction of sp³-hybridized carbons (Fsp3) is 0.467. The van der Waals surface area contributed by atoms with Crippen LogP contribution in [0.5, 0.6) is 0 Å². The first-order valence-electron chi connectivity index (χ1n) is 6.97. The number of carbonyl (C=O) groups is 1. The molecule has 6 nitrogen and oxygen atoms in total. The molecule has 1 atom stereocenters. The van der Waals surface area contributed by atoms with Crippen molar-refractivity contribution < 1.29 is 9.90 Å². The average Bonchev–Trinajstić information content (AvgIpc) is 2.52. The van der Waals surface area contributed by atoms with Crippen LogP contribution in [-0.4, -0.2) is 66.7 Å². The van der Waals surface area contributed by atoms with E-state index >= 15 is 0 Å². The van der Waals surface area contributed by atoms with E-state index in [2.05, 4.69) is 16.3 Å². The molecule has 112 valence electrons. The van der Waals surface area contributed by atoms with E-state index in [1.54, 1.807) is 29.2 Å². The van der Waals surface area contributed by atoms with Gasteiger partial charge >= 0.3 is 0 Å². The number of amides is 1. The summed E-state index contributed by atoms with van der Waals surface area (Å²) in [5, 5.41) is 21.2. The zero-order chi connectivity index (χ0) is 15.2. The van der Waals surface area contributed by atoms with Gasteiger partial charge in [0.05, 0.1) is 30.8 Å². The predicted octanol–water partition coefficient (Wildman–Crippen LogP) is 0.105. The topological polar surface area (TPSA) is 79.6 Å². The summed E-state index contributed by atoms with van der Waals surface area (Å²) >= 11 is 0. The van der Waals surface area contributed by atoms with Crippen LogP contribution in [0.15, 0.2) is 24.3 Å². The first-order valence-corrected chi connectivity index (χ1v) is 6.97. The lowest BCUT2D eigenvalue weighted by molar-refractivity contribution is -0.135. The molecule has 1 fully saturated rings. The molecule has 1 unspecified atom stereocenters. The van der Waals surface area contributed by atoms with Gasteiger partial charge in [-0.2, -0.15) is 5.26 Å². The number of rotatable bonds is 4. The zero-order valence-corrected chi connectivity index (χ0v) is 12.1. The third kappa shape index (κ3) is 3.94. The Kier molecular flexibility index (Phi) is 5.14. The number of anilines is 1. The second-order valence-electron chi connectivity index (χ2n) is 5.23. The number of nitrogens with zero attached hydrogens (tertiary/aromatic N) is 3. The number of hydrogen-bond acceptors (Lipinski definition) is 5. The molecule has 1 aliphatic rings. The van der Waals surface area contributed by atoms with Crippen molar-refractivity contribution in [3.8, 4) is 6.07 Å². The van der Waals surface area contributed by atoms with Crippen molar-refractivity contribution in [1.82, 2.24) is 9.80 Å². The number of piperazine rings is 1. The van der Waals surface area contributed by atoms with E-state index in [1.807, 2.05) is 7.05 Å². The summed E-state index contributed by atoms with van der Waals surface area (Å²) in [6, 6.07) is 8.88. The maximum absolute atomic E-state index is 12.3. The van der Waals surface area contributed by atoms with Crippen LogP contribution in [0.4, 0.5) is 5.69 Å². The monoisotopic (exact) mass is 288 g/mol.